The Morgan fingerprint density at radius 1 is 0.778 bits per heavy atom. The molecule has 1 heterocycles. The third-order valence-corrected chi connectivity index (χ3v) is 3.89. The molecular formula is C20H17N3O4. The quantitative estimate of drug-likeness (QED) is 0.550. The SMILES string of the molecule is COC(=O)c1ccc(C(=O)NNC(=O)c2ccccc2-n2cccc2)cc1. The average molecular weight is 363 g/mol. The molecule has 136 valence electrons. The second kappa shape index (κ2) is 8.01. The summed E-state index contributed by atoms with van der Waals surface area (Å²) in [7, 11) is 1.28. The van der Waals surface area contributed by atoms with Crippen LogP contribution in [0.25, 0.3) is 5.69 Å². The van der Waals surface area contributed by atoms with E-state index in [0.29, 0.717) is 22.4 Å². The number of esters is 1. The van der Waals surface area contributed by atoms with Gasteiger partial charge in [-0.05, 0) is 48.5 Å². The molecule has 0 fully saturated rings. The molecule has 0 saturated carbocycles. The molecule has 2 amide bonds. The lowest BCUT2D eigenvalue weighted by atomic mass is 10.1. The molecule has 0 bridgehead atoms. The van der Waals surface area contributed by atoms with Crippen LogP contribution in [0.2, 0.25) is 0 Å². The Bertz CT molecular complexity index is 963. The zero-order valence-corrected chi connectivity index (χ0v) is 14.5. The fourth-order valence-corrected chi connectivity index (χ4v) is 2.51. The molecule has 0 aliphatic carbocycles. The summed E-state index contributed by atoms with van der Waals surface area (Å²) in [5, 5.41) is 0. The number of methoxy groups -OCH3 is 1. The number of hydrogen-bond acceptors (Lipinski definition) is 4. The van der Waals surface area contributed by atoms with Crippen molar-refractivity contribution >= 4 is 17.8 Å². The number of nitrogens with zero attached hydrogens (tertiary/aromatic N) is 1. The molecule has 0 unspecified atom stereocenters. The first kappa shape index (κ1) is 17.9. The van der Waals surface area contributed by atoms with Crippen LogP contribution in [0.1, 0.15) is 31.1 Å². The number of hydrogen-bond donors (Lipinski definition) is 2. The summed E-state index contributed by atoms with van der Waals surface area (Å²) in [6, 6.07) is 16.7. The van der Waals surface area contributed by atoms with Crippen LogP contribution in [0.15, 0.2) is 73.1 Å². The highest BCUT2D eigenvalue weighted by molar-refractivity contribution is 6.01. The van der Waals surface area contributed by atoms with Crippen LogP contribution >= 0.6 is 0 Å². The van der Waals surface area contributed by atoms with Gasteiger partial charge < -0.3 is 9.30 Å². The van der Waals surface area contributed by atoms with E-state index in [1.165, 1.54) is 31.4 Å². The maximum absolute atomic E-state index is 12.5. The van der Waals surface area contributed by atoms with Crippen LogP contribution < -0.4 is 10.9 Å². The molecule has 0 radical (unpaired) electrons. The second-order valence-electron chi connectivity index (χ2n) is 5.58. The summed E-state index contributed by atoms with van der Waals surface area (Å²) in [6.45, 7) is 0. The molecule has 0 aliphatic heterocycles. The van der Waals surface area contributed by atoms with Gasteiger partial charge in [-0.25, -0.2) is 4.79 Å². The summed E-state index contributed by atoms with van der Waals surface area (Å²) < 4.78 is 6.42. The van der Waals surface area contributed by atoms with E-state index in [9.17, 15) is 14.4 Å². The zero-order valence-electron chi connectivity index (χ0n) is 14.5. The van der Waals surface area contributed by atoms with Gasteiger partial charge in [0, 0.05) is 18.0 Å². The van der Waals surface area contributed by atoms with Gasteiger partial charge in [-0.3, -0.25) is 20.4 Å². The molecule has 3 aromatic rings. The topological polar surface area (TPSA) is 89.4 Å². The highest BCUT2D eigenvalue weighted by atomic mass is 16.5. The molecule has 1 aromatic heterocycles. The molecule has 0 saturated heterocycles. The Balaban J connectivity index is 1.68. The van der Waals surface area contributed by atoms with Crippen molar-refractivity contribution < 1.29 is 19.1 Å². The molecule has 7 nitrogen and oxygen atoms in total. The Hall–Kier alpha value is -3.87. The highest BCUT2D eigenvalue weighted by Crippen LogP contribution is 2.14. The van der Waals surface area contributed by atoms with Crippen molar-refractivity contribution in [3.05, 3.63) is 89.7 Å². The maximum Gasteiger partial charge on any atom is 0.337 e. The number of rotatable bonds is 4. The largest absolute Gasteiger partial charge is 0.465 e. The van der Waals surface area contributed by atoms with Crippen LogP contribution in [0, 0.1) is 0 Å². The average Bonchev–Trinajstić information content (AvgIpc) is 3.26. The van der Waals surface area contributed by atoms with Gasteiger partial charge in [0.1, 0.15) is 0 Å². The number of carbonyl (C=O) groups is 3. The van der Waals surface area contributed by atoms with Crippen molar-refractivity contribution in [3.8, 4) is 5.69 Å². The third kappa shape index (κ3) is 4.04. The number of amides is 2. The standard InChI is InChI=1S/C20H17N3O4/c1-27-20(26)15-10-8-14(9-11-15)18(24)21-22-19(25)16-6-2-3-7-17(16)23-12-4-5-13-23/h2-13H,1H3,(H,21,24)(H,22,25). The first-order chi connectivity index (χ1) is 13.1. The number of nitrogens with one attached hydrogen (secondary N) is 2. The molecule has 3 rings (SSSR count). The summed E-state index contributed by atoms with van der Waals surface area (Å²) in [5.41, 5.74) is 6.50. The zero-order chi connectivity index (χ0) is 19.2. The summed E-state index contributed by atoms with van der Waals surface area (Å²) >= 11 is 0. The highest BCUT2D eigenvalue weighted by Gasteiger charge is 2.14. The van der Waals surface area contributed by atoms with Gasteiger partial charge in [-0.2, -0.15) is 0 Å². The monoisotopic (exact) mass is 363 g/mol. The van der Waals surface area contributed by atoms with Crippen molar-refractivity contribution in [2.75, 3.05) is 7.11 Å². The van der Waals surface area contributed by atoms with E-state index in [1.807, 2.05) is 41.2 Å². The molecule has 0 aliphatic rings. The number of para-hydroxylation sites is 1. The van der Waals surface area contributed by atoms with Gasteiger partial charge in [0.05, 0.1) is 23.9 Å². The van der Waals surface area contributed by atoms with Gasteiger partial charge in [-0.15, -0.1) is 0 Å². The maximum atomic E-state index is 12.5. The second-order valence-corrected chi connectivity index (χ2v) is 5.58. The summed E-state index contributed by atoms with van der Waals surface area (Å²) in [4.78, 5) is 36.1. The lowest BCUT2D eigenvalue weighted by Gasteiger charge is -2.12. The van der Waals surface area contributed by atoms with Crippen molar-refractivity contribution in [1.29, 1.82) is 0 Å². The Morgan fingerprint density at radius 2 is 1.37 bits per heavy atom. The Kier molecular flexibility index (Phi) is 5.32. The number of benzene rings is 2. The molecule has 2 N–H and O–H groups in total. The predicted molar refractivity (Wildman–Crippen MR) is 98.5 cm³/mol. The molecule has 27 heavy (non-hydrogen) atoms. The van der Waals surface area contributed by atoms with Crippen LogP contribution in [-0.2, 0) is 4.74 Å². The van der Waals surface area contributed by atoms with Crippen molar-refractivity contribution in [1.82, 2.24) is 15.4 Å². The first-order valence-electron chi connectivity index (χ1n) is 8.11. The van der Waals surface area contributed by atoms with Crippen LogP contribution in [0.4, 0.5) is 0 Å². The van der Waals surface area contributed by atoms with E-state index in [1.54, 1.807) is 12.1 Å². The van der Waals surface area contributed by atoms with E-state index in [4.69, 9.17) is 0 Å². The van der Waals surface area contributed by atoms with Gasteiger partial charge in [-0.1, -0.05) is 12.1 Å². The van der Waals surface area contributed by atoms with Gasteiger partial charge in [0.15, 0.2) is 0 Å². The van der Waals surface area contributed by atoms with Crippen molar-refractivity contribution in [2.45, 2.75) is 0 Å². The number of aromatic nitrogens is 1. The third-order valence-electron chi connectivity index (χ3n) is 3.89. The van der Waals surface area contributed by atoms with Crippen LogP contribution in [0.5, 0.6) is 0 Å². The fourth-order valence-electron chi connectivity index (χ4n) is 2.51. The number of carbonyl (C=O) groups excluding carboxylic acids is 3. The predicted octanol–water partition coefficient (Wildman–Crippen LogP) is 2.34. The van der Waals surface area contributed by atoms with E-state index in [0.717, 1.165) is 0 Å². The van der Waals surface area contributed by atoms with Crippen molar-refractivity contribution in [3.63, 3.8) is 0 Å². The molecular weight excluding hydrogens is 346 g/mol. The van der Waals surface area contributed by atoms with E-state index >= 15 is 0 Å². The summed E-state index contributed by atoms with van der Waals surface area (Å²) in [6.07, 6.45) is 3.65. The van der Waals surface area contributed by atoms with Gasteiger partial charge >= 0.3 is 5.97 Å². The normalized spacial score (nSPS) is 10.1. The minimum atomic E-state index is -0.502. The fraction of sp³-hybridized carbons (Fsp3) is 0.0500. The van der Waals surface area contributed by atoms with Gasteiger partial charge in [0.2, 0.25) is 0 Å². The lowest BCUT2D eigenvalue weighted by Crippen LogP contribution is -2.42. The summed E-state index contributed by atoms with van der Waals surface area (Å²) in [5.74, 6) is -1.44. The number of hydrazine groups is 1. The van der Waals surface area contributed by atoms with E-state index < -0.39 is 17.8 Å². The Morgan fingerprint density at radius 3 is 2.04 bits per heavy atom. The first-order valence-corrected chi connectivity index (χ1v) is 8.11. The smallest absolute Gasteiger partial charge is 0.337 e. The Labute approximate surface area is 155 Å². The minimum Gasteiger partial charge on any atom is -0.465 e. The van der Waals surface area contributed by atoms with Crippen molar-refractivity contribution in [2.24, 2.45) is 0 Å². The molecule has 2 aromatic carbocycles. The van der Waals surface area contributed by atoms with E-state index in [-0.39, 0.29) is 0 Å². The van der Waals surface area contributed by atoms with Crippen LogP contribution in [-0.4, -0.2) is 29.5 Å². The number of ether oxygens (including phenoxy) is 1. The minimum absolute atomic E-state index is 0.293. The molecule has 7 heteroatoms. The van der Waals surface area contributed by atoms with E-state index in [2.05, 4.69) is 15.6 Å². The lowest BCUT2D eigenvalue weighted by molar-refractivity contribution is 0.0600. The van der Waals surface area contributed by atoms with Crippen LogP contribution in [0.3, 0.4) is 0 Å². The molecule has 0 spiro atoms. The molecule has 0 atom stereocenters. The van der Waals surface area contributed by atoms with Gasteiger partial charge in [0.25, 0.3) is 11.8 Å².